The van der Waals surface area contributed by atoms with E-state index in [0.717, 1.165) is 11.0 Å². The van der Waals surface area contributed by atoms with Crippen LogP contribution in [0.15, 0.2) is 10.2 Å². The molecule has 2 aromatic rings. The molecular weight excluding hydrogens is 399 g/mol. The Bertz CT molecular complexity index is 606. The zero-order valence-corrected chi connectivity index (χ0v) is 17.9. The Kier molecular flexibility index (Phi) is 7.06. The summed E-state index contributed by atoms with van der Waals surface area (Å²) in [5, 5.41) is 2.16. The molecule has 0 bridgehead atoms. The maximum atomic E-state index is 11.7. The van der Waals surface area contributed by atoms with Crippen molar-refractivity contribution in [1.29, 1.82) is 0 Å². The molecule has 5 heteroatoms. The van der Waals surface area contributed by atoms with E-state index in [4.69, 9.17) is 0 Å². The number of rotatable bonds is 10. The van der Waals surface area contributed by atoms with Crippen LogP contribution >= 0.6 is 11.3 Å². The fraction of sp³-hybridized carbons (Fsp3) is 0.706. The fourth-order valence-electron chi connectivity index (χ4n) is 3.49. The van der Waals surface area contributed by atoms with Gasteiger partial charge in [0, 0.05) is 0 Å². The van der Waals surface area contributed by atoms with Gasteiger partial charge in [0.15, 0.2) is 0 Å². The summed E-state index contributed by atoms with van der Waals surface area (Å²) in [5.41, 5.74) is 2.16. The molecule has 0 aliphatic heterocycles. The zero-order valence-electron chi connectivity index (χ0n) is 14.3. The average Bonchev–Trinajstić information content (AvgIpc) is 3.06. The summed E-state index contributed by atoms with van der Waals surface area (Å²) in [4.78, 5) is 17.7. The molecule has 0 spiro atoms. The van der Waals surface area contributed by atoms with Crippen molar-refractivity contribution in [2.24, 2.45) is 0 Å². The number of aromatic amines is 2. The van der Waals surface area contributed by atoms with Crippen LogP contribution in [0.25, 0.3) is 11.0 Å². The van der Waals surface area contributed by atoms with E-state index in [1.54, 1.807) is 2.89 Å². The van der Waals surface area contributed by atoms with Gasteiger partial charge in [-0.3, -0.25) is 0 Å². The van der Waals surface area contributed by atoms with Gasteiger partial charge in [0.05, 0.1) is 0 Å². The molecule has 2 N–H and O–H groups in total. The number of fused-ring (bicyclic) bond motifs is 1. The minimum atomic E-state index is -2.40. The van der Waals surface area contributed by atoms with Crippen molar-refractivity contribution >= 4 is 43.6 Å². The summed E-state index contributed by atoms with van der Waals surface area (Å²) in [6, 6.07) is 0. The van der Waals surface area contributed by atoms with E-state index in [0.29, 0.717) is 0 Å². The summed E-state index contributed by atoms with van der Waals surface area (Å²) in [5.74, 6) is 0. The van der Waals surface area contributed by atoms with E-state index in [-0.39, 0.29) is 5.69 Å². The standard InChI is InChI=1S/C5H3N2OS.3C4H9.Sn/c8-5-6-3-1-9-2-4(3)7-5;3*1-3-4-2;/h1H,(H2,6,7,8);3*1,3-4H2,2H3;. The van der Waals surface area contributed by atoms with Gasteiger partial charge in [0.25, 0.3) is 0 Å². The van der Waals surface area contributed by atoms with Gasteiger partial charge in [-0.2, -0.15) is 0 Å². The van der Waals surface area contributed by atoms with Crippen molar-refractivity contribution in [2.75, 3.05) is 0 Å². The van der Waals surface area contributed by atoms with Gasteiger partial charge in [0.2, 0.25) is 0 Å². The summed E-state index contributed by atoms with van der Waals surface area (Å²) < 4.78 is 5.98. The quantitative estimate of drug-likeness (QED) is 0.515. The second-order valence-electron chi connectivity index (χ2n) is 6.52. The first kappa shape index (κ1) is 18.1. The molecule has 124 valence electrons. The number of aromatic nitrogens is 2. The third kappa shape index (κ3) is 3.99. The van der Waals surface area contributed by atoms with E-state index in [9.17, 15) is 4.79 Å². The molecule has 3 nitrogen and oxygen atoms in total. The second-order valence-corrected chi connectivity index (χ2v) is 21.5. The van der Waals surface area contributed by atoms with Crippen LogP contribution in [0.2, 0.25) is 13.3 Å². The monoisotopic (exact) mass is 430 g/mol. The molecule has 2 aromatic heterocycles. The van der Waals surface area contributed by atoms with Crippen molar-refractivity contribution in [2.45, 2.75) is 72.6 Å². The average molecular weight is 429 g/mol. The first-order chi connectivity index (χ1) is 10.7. The number of unbranched alkanes of at least 4 members (excludes halogenated alkanes) is 3. The molecule has 2 rings (SSSR count). The van der Waals surface area contributed by atoms with Gasteiger partial charge >= 0.3 is 142 Å². The molecular formula is C17H30N2OSSn. The first-order valence-corrected chi connectivity index (χ1v) is 17.2. The summed E-state index contributed by atoms with van der Waals surface area (Å²) >= 11 is -0.475. The number of hydrogen-bond donors (Lipinski definition) is 2. The van der Waals surface area contributed by atoms with E-state index in [1.165, 1.54) is 51.8 Å². The molecule has 22 heavy (non-hydrogen) atoms. The number of thiophene rings is 1. The van der Waals surface area contributed by atoms with Crippen LogP contribution < -0.4 is 8.58 Å². The SMILES string of the molecule is CCC[CH2][Sn]([CH2]CCC)([CH2]CCC)[c]1scc2[nH]c(=O)[nH]c12. The number of hydrogen-bond acceptors (Lipinski definition) is 2. The Morgan fingerprint density at radius 3 is 2.00 bits per heavy atom. The van der Waals surface area contributed by atoms with Crippen LogP contribution in [0.3, 0.4) is 0 Å². The van der Waals surface area contributed by atoms with Gasteiger partial charge in [0.1, 0.15) is 0 Å². The van der Waals surface area contributed by atoms with Crippen LogP contribution in [-0.4, -0.2) is 28.3 Å². The van der Waals surface area contributed by atoms with Crippen molar-refractivity contribution in [1.82, 2.24) is 9.97 Å². The third-order valence-corrected chi connectivity index (χ3v) is 24.2. The Balaban J connectivity index is 2.44. The van der Waals surface area contributed by atoms with Gasteiger partial charge in [-0.05, 0) is 0 Å². The van der Waals surface area contributed by atoms with Gasteiger partial charge < -0.3 is 0 Å². The molecule has 0 atom stereocenters. The summed E-state index contributed by atoms with van der Waals surface area (Å²) in [6.45, 7) is 6.91. The Morgan fingerprint density at radius 2 is 1.50 bits per heavy atom. The first-order valence-electron chi connectivity index (χ1n) is 8.86. The molecule has 0 aliphatic carbocycles. The molecule has 0 radical (unpaired) electrons. The van der Waals surface area contributed by atoms with Crippen LogP contribution in [-0.2, 0) is 0 Å². The minimum absolute atomic E-state index is 0.0410. The number of nitrogens with one attached hydrogen (secondary N) is 2. The van der Waals surface area contributed by atoms with E-state index in [1.807, 2.05) is 11.3 Å². The molecule has 0 amide bonds. The van der Waals surface area contributed by atoms with Crippen LogP contribution in [0.5, 0.6) is 0 Å². The Morgan fingerprint density at radius 1 is 0.955 bits per heavy atom. The van der Waals surface area contributed by atoms with Crippen molar-refractivity contribution in [3.05, 3.63) is 15.9 Å². The fourth-order valence-corrected chi connectivity index (χ4v) is 24.1. The zero-order chi connectivity index (χ0) is 16.0. The molecule has 0 fully saturated rings. The third-order valence-electron chi connectivity index (χ3n) is 4.79. The summed E-state index contributed by atoms with van der Waals surface area (Å²) in [7, 11) is 0. The number of imidazole rings is 1. The van der Waals surface area contributed by atoms with Crippen molar-refractivity contribution in [3.63, 3.8) is 0 Å². The predicted octanol–water partition coefficient (Wildman–Crippen LogP) is 4.97. The second kappa shape index (κ2) is 8.57. The molecule has 0 aromatic carbocycles. The normalized spacial score (nSPS) is 12.3. The molecule has 2 heterocycles. The van der Waals surface area contributed by atoms with Crippen molar-refractivity contribution in [3.8, 4) is 0 Å². The molecule has 0 aliphatic rings. The van der Waals surface area contributed by atoms with Crippen LogP contribution in [0.4, 0.5) is 0 Å². The Hall–Kier alpha value is -0.231. The molecule has 0 unspecified atom stereocenters. The summed E-state index contributed by atoms with van der Waals surface area (Å²) in [6.07, 6.45) is 7.94. The topological polar surface area (TPSA) is 48.6 Å². The maximum absolute atomic E-state index is 11.7. The van der Waals surface area contributed by atoms with E-state index < -0.39 is 18.4 Å². The van der Waals surface area contributed by atoms with Gasteiger partial charge in [-0.1, -0.05) is 0 Å². The van der Waals surface area contributed by atoms with Gasteiger partial charge in [-0.15, -0.1) is 0 Å². The molecule has 0 saturated carbocycles. The Labute approximate surface area is 141 Å². The van der Waals surface area contributed by atoms with Crippen LogP contribution in [0.1, 0.15) is 59.3 Å². The van der Waals surface area contributed by atoms with Crippen molar-refractivity contribution < 1.29 is 0 Å². The molecule has 0 saturated heterocycles. The van der Waals surface area contributed by atoms with E-state index >= 15 is 0 Å². The predicted molar refractivity (Wildman–Crippen MR) is 101 cm³/mol. The van der Waals surface area contributed by atoms with Crippen LogP contribution in [0, 0.1) is 0 Å². The number of H-pyrrole nitrogens is 2. The van der Waals surface area contributed by atoms with E-state index in [2.05, 4.69) is 36.1 Å². The van der Waals surface area contributed by atoms with Gasteiger partial charge in [-0.25, -0.2) is 0 Å².